The van der Waals surface area contributed by atoms with Gasteiger partial charge in [-0.15, -0.1) is 11.3 Å². The van der Waals surface area contributed by atoms with E-state index in [0.717, 1.165) is 15.5 Å². The quantitative estimate of drug-likeness (QED) is 0.623. The van der Waals surface area contributed by atoms with Crippen LogP contribution in [0.15, 0.2) is 76.0 Å². The SMILES string of the molecule is O=C(CCC(=O)Nc1ccccc1Sc1ccccc1)Nc1nccs1. The first-order chi connectivity index (χ1) is 12.7. The van der Waals surface area contributed by atoms with Gasteiger partial charge in [0.25, 0.3) is 0 Å². The van der Waals surface area contributed by atoms with Gasteiger partial charge >= 0.3 is 0 Å². The molecule has 0 spiro atoms. The molecule has 0 saturated heterocycles. The van der Waals surface area contributed by atoms with E-state index >= 15 is 0 Å². The van der Waals surface area contributed by atoms with E-state index in [1.165, 1.54) is 11.3 Å². The number of carbonyl (C=O) groups excluding carboxylic acids is 2. The van der Waals surface area contributed by atoms with Crippen LogP contribution in [0.2, 0.25) is 0 Å². The molecule has 0 fully saturated rings. The lowest BCUT2D eigenvalue weighted by molar-refractivity contribution is -0.121. The molecule has 1 heterocycles. The van der Waals surface area contributed by atoms with Gasteiger partial charge in [0.15, 0.2) is 5.13 Å². The van der Waals surface area contributed by atoms with Gasteiger partial charge in [-0.25, -0.2) is 4.98 Å². The van der Waals surface area contributed by atoms with E-state index in [1.807, 2.05) is 54.6 Å². The second kappa shape index (κ2) is 9.17. The molecular weight excluding hydrogens is 366 g/mol. The highest BCUT2D eigenvalue weighted by Crippen LogP contribution is 2.33. The van der Waals surface area contributed by atoms with E-state index < -0.39 is 0 Å². The zero-order valence-electron chi connectivity index (χ0n) is 13.8. The van der Waals surface area contributed by atoms with Gasteiger partial charge in [0.1, 0.15) is 0 Å². The number of thiazole rings is 1. The molecule has 2 amide bonds. The number of hydrogen-bond donors (Lipinski definition) is 2. The number of nitrogens with one attached hydrogen (secondary N) is 2. The van der Waals surface area contributed by atoms with Gasteiger partial charge in [-0.1, -0.05) is 42.1 Å². The summed E-state index contributed by atoms with van der Waals surface area (Å²) in [6.45, 7) is 0. The van der Waals surface area contributed by atoms with E-state index in [9.17, 15) is 9.59 Å². The van der Waals surface area contributed by atoms with Gasteiger partial charge in [-0.3, -0.25) is 9.59 Å². The van der Waals surface area contributed by atoms with E-state index in [-0.39, 0.29) is 24.7 Å². The molecule has 0 radical (unpaired) electrons. The summed E-state index contributed by atoms with van der Waals surface area (Å²) in [5.74, 6) is -0.414. The molecule has 132 valence electrons. The maximum atomic E-state index is 12.2. The summed E-state index contributed by atoms with van der Waals surface area (Å²) in [7, 11) is 0. The van der Waals surface area contributed by atoms with Gasteiger partial charge < -0.3 is 10.6 Å². The van der Waals surface area contributed by atoms with Gasteiger partial charge in [0, 0.05) is 34.2 Å². The Balaban J connectivity index is 1.55. The Morgan fingerprint density at radius 3 is 2.35 bits per heavy atom. The standard InChI is InChI=1S/C19H17N3O2S2/c23-17(10-11-18(24)22-19-20-12-13-25-19)21-15-8-4-5-9-16(15)26-14-6-2-1-3-7-14/h1-9,12-13H,10-11H2,(H,21,23)(H,20,22,24). The molecule has 2 aromatic carbocycles. The number of amides is 2. The first kappa shape index (κ1) is 18.2. The van der Waals surface area contributed by atoms with Crippen LogP contribution >= 0.6 is 23.1 Å². The van der Waals surface area contributed by atoms with Crippen LogP contribution in [0.5, 0.6) is 0 Å². The van der Waals surface area contributed by atoms with Crippen LogP contribution in [0, 0.1) is 0 Å². The van der Waals surface area contributed by atoms with Gasteiger partial charge in [0.2, 0.25) is 11.8 Å². The summed E-state index contributed by atoms with van der Waals surface area (Å²) in [5, 5.41) is 7.88. The topological polar surface area (TPSA) is 71.1 Å². The summed E-state index contributed by atoms with van der Waals surface area (Å²) in [4.78, 5) is 30.1. The zero-order valence-corrected chi connectivity index (χ0v) is 15.5. The number of para-hydroxylation sites is 1. The summed E-state index contributed by atoms with van der Waals surface area (Å²) in [5.41, 5.74) is 0.742. The molecular formula is C19H17N3O2S2. The monoisotopic (exact) mass is 383 g/mol. The van der Waals surface area contributed by atoms with Gasteiger partial charge in [-0.2, -0.15) is 0 Å². The van der Waals surface area contributed by atoms with Crippen molar-refractivity contribution < 1.29 is 9.59 Å². The molecule has 0 aliphatic rings. The van der Waals surface area contributed by atoms with Gasteiger partial charge in [0.05, 0.1) is 5.69 Å². The van der Waals surface area contributed by atoms with Crippen molar-refractivity contribution in [2.24, 2.45) is 0 Å². The molecule has 26 heavy (non-hydrogen) atoms. The van der Waals surface area contributed by atoms with Crippen LogP contribution in [0.25, 0.3) is 0 Å². The Morgan fingerprint density at radius 1 is 0.923 bits per heavy atom. The lowest BCUT2D eigenvalue weighted by Gasteiger charge is -2.10. The minimum absolute atomic E-state index is 0.111. The molecule has 0 aliphatic carbocycles. The minimum Gasteiger partial charge on any atom is -0.325 e. The number of rotatable bonds is 7. The highest BCUT2D eigenvalue weighted by molar-refractivity contribution is 7.99. The van der Waals surface area contributed by atoms with Gasteiger partial charge in [-0.05, 0) is 24.3 Å². The number of aromatic nitrogens is 1. The van der Waals surface area contributed by atoms with Crippen LogP contribution in [-0.4, -0.2) is 16.8 Å². The second-order valence-electron chi connectivity index (χ2n) is 5.34. The molecule has 3 aromatic rings. The van der Waals surface area contributed by atoms with Crippen LogP contribution in [-0.2, 0) is 9.59 Å². The van der Waals surface area contributed by atoms with Crippen molar-refractivity contribution in [1.82, 2.24) is 4.98 Å². The molecule has 0 aliphatic heterocycles. The predicted molar refractivity (Wildman–Crippen MR) is 106 cm³/mol. The molecule has 2 N–H and O–H groups in total. The third kappa shape index (κ3) is 5.44. The fourth-order valence-corrected chi connectivity index (χ4v) is 3.65. The van der Waals surface area contributed by atoms with E-state index in [4.69, 9.17) is 0 Å². The molecule has 7 heteroatoms. The van der Waals surface area contributed by atoms with Crippen molar-refractivity contribution in [2.45, 2.75) is 22.6 Å². The summed E-state index contributed by atoms with van der Waals surface area (Å²) >= 11 is 2.93. The third-order valence-corrected chi connectivity index (χ3v) is 5.16. The van der Waals surface area contributed by atoms with E-state index in [0.29, 0.717) is 5.13 Å². The maximum absolute atomic E-state index is 12.2. The average Bonchev–Trinajstić information content (AvgIpc) is 3.15. The third-order valence-electron chi connectivity index (χ3n) is 3.39. The number of anilines is 2. The molecule has 1 aromatic heterocycles. The molecule has 3 rings (SSSR count). The highest BCUT2D eigenvalue weighted by atomic mass is 32.2. The molecule has 0 unspecified atom stereocenters. The van der Waals surface area contributed by atoms with E-state index in [1.54, 1.807) is 23.3 Å². The average molecular weight is 383 g/mol. The Morgan fingerprint density at radius 2 is 1.62 bits per heavy atom. The normalized spacial score (nSPS) is 10.3. The number of nitrogens with zero attached hydrogens (tertiary/aromatic N) is 1. The Kier molecular flexibility index (Phi) is 6.40. The van der Waals surface area contributed by atoms with Crippen molar-refractivity contribution in [3.05, 3.63) is 66.2 Å². The molecule has 0 bridgehead atoms. The van der Waals surface area contributed by atoms with Crippen LogP contribution < -0.4 is 10.6 Å². The number of benzene rings is 2. The van der Waals surface area contributed by atoms with Crippen LogP contribution in [0.3, 0.4) is 0 Å². The van der Waals surface area contributed by atoms with Crippen molar-refractivity contribution in [3.8, 4) is 0 Å². The van der Waals surface area contributed by atoms with Crippen molar-refractivity contribution in [3.63, 3.8) is 0 Å². The molecule has 0 saturated carbocycles. The summed E-state index contributed by atoms with van der Waals surface area (Å²) in [6.07, 6.45) is 1.84. The molecule has 0 atom stereocenters. The lowest BCUT2D eigenvalue weighted by Crippen LogP contribution is -2.17. The van der Waals surface area contributed by atoms with Crippen molar-refractivity contribution >= 4 is 45.7 Å². The fourth-order valence-electron chi connectivity index (χ4n) is 2.18. The Bertz CT molecular complexity index is 868. The summed E-state index contributed by atoms with van der Waals surface area (Å²) < 4.78 is 0. The lowest BCUT2D eigenvalue weighted by atomic mass is 10.2. The summed E-state index contributed by atoms with van der Waals surface area (Å²) in [6, 6.07) is 17.6. The van der Waals surface area contributed by atoms with Crippen LogP contribution in [0.4, 0.5) is 10.8 Å². The fraction of sp³-hybridized carbons (Fsp3) is 0.105. The smallest absolute Gasteiger partial charge is 0.226 e. The zero-order chi connectivity index (χ0) is 18.2. The van der Waals surface area contributed by atoms with Crippen LogP contribution in [0.1, 0.15) is 12.8 Å². The number of hydrogen-bond acceptors (Lipinski definition) is 5. The maximum Gasteiger partial charge on any atom is 0.226 e. The second-order valence-corrected chi connectivity index (χ2v) is 7.35. The largest absolute Gasteiger partial charge is 0.325 e. The van der Waals surface area contributed by atoms with Crippen molar-refractivity contribution in [2.75, 3.05) is 10.6 Å². The first-order valence-electron chi connectivity index (χ1n) is 8.02. The van der Waals surface area contributed by atoms with E-state index in [2.05, 4.69) is 15.6 Å². The minimum atomic E-state index is -0.220. The first-order valence-corrected chi connectivity index (χ1v) is 9.71. The predicted octanol–water partition coefficient (Wildman–Crippen LogP) is 4.65. The Labute approximate surface area is 159 Å². The number of carbonyl (C=O) groups is 2. The van der Waals surface area contributed by atoms with Crippen molar-refractivity contribution in [1.29, 1.82) is 0 Å². The molecule has 5 nitrogen and oxygen atoms in total. The Hall–Kier alpha value is -2.64. The highest BCUT2D eigenvalue weighted by Gasteiger charge is 2.11.